The largest absolute Gasteiger partial charge is 0.347 e. The second-order valence-corrected chi connectivity index (χ2v) is 10.8. The molecule has 4 aliphatic rings. The summed E-state index contributed by atoms with van der Waals surface area (Å²) in [7, 11) is 4.51. The van der Waals surface area contributed by atoms with Gasteiger partial charge in [0.1, 0.15) is 7.05 Å². The zero-order valence-corrected chi connectivity index (χ0v) is 20.5. The summed E-state index contributed by atoms with van der Waals surface area (Å²) in [6.07, 6.45) is 14.5. The average molecular weight is 436 g/mol. The molecule has 6 rings (SSSR count). The van der Waals surface area contributed by atoms with Crippen LogP contribution in [0, 0.1) is 0 Å². The topological polar surface area (TPSA) is 6.25 Å². The Morgan fingerprint density at radius 2 is 1.58 bits per heavy atom. The minimum atomic E-state index is 0.141. The number of anilines is 1. The number of hydrogen-bond donors (Lipinski definition) is 0. The number of allylic oxidation sites excluding steroid dienone is 6. The summed E-state index contributed by atoms with van der Waals surface area (Å²) in [4.78, 5) is 2.45. The first-order chi connectivity index (χ1) is 15.9. The summed E-state index contributed by atoms with van der Waals surface area (Å²) in [6, 6.07) is 18.0. The average Bonchev–Trinajstić information content (AvgIpc) is 3.20. The summed E-state index contributed by atoms with van der Waals surface area (Å²) in [5.74, 6) is 0. The Balaban J connectivity index is 1.38. The Hall–Kier alpha value is -2.87. The molecular weight excluding hydrogens is 400 g/mol. The Morgan fingerprint density at radius 3 is 2.42 bits per heavy atom. The van der Waals surface area contributed by atoms with Crippen molar-refractivity contribution in [2.45, 2.75) is 63.2 Å². The van der Waals surface area contributed by atoms with Gasteiger partial charge in [-0.1, -0.05) is 54.6 Å². The molecule has 0 saturated heterocycles. The molecule has 0 radical (unpaired) electrons. The van der Waals surface area contributed by atoms with Gasteiger partial charge in [-0.15, -0.1) is 0 Å². The van der Waals surface area contributed by atoms with E-state index in [9.17, 15) is 0 Å². The zero-order chi connectivity index (χ0) is 22.8. The van der Waals surface area contributed by atoms with Crippen LogP contribution in [0.3, 0.4) is 0 Å². The van der Waals surface area contributed by atoms with Crippen LogP contribution in [0.2, 0.25) is 0 Å². The number of hydrogen-bond acceptors (Lipinski definition) is 1. The number of rotatable bonds is 2. The van der Waals surface area contributed by atoms with E-state index >= 15 is 0 Å². The van der Waals surface area contributed by atoms with Gasteiger partial charge in [-0.2, -0.15) is 4.58 Å². The van der Waals surface area contributed by atoms with Crippen molar-refractivity contribution in [2.24, 2.45) is 0 Å². The summed E-state index contributed by atoms with van der Waals surface area (Å²) in [5, 5.41) is 0. The van der Waals surface area contributed by atoms with Crippen LogP contribution in [-0.4, -0.2) is 24.4 Å². The number of para-hydroxylation sites is 2. The smallest absolute Gasteiger partial charge is 0.209 e. The van der Waals surface area contributed by atoms with Gasteiger partial charge < -0.3 is 4.90 Å². The highest BCUT2D eigenvalue weighted by Crippen LogP contribution is 2.54. The van der Waals surface area contributed by atoms with Crippen LogP contribution in [0.1, 0.15) is 63.5 Å². The molecular formula is C31H35N2+. The van der Waals surface area contributed by atoms with Gasteiger partial charge in [0, 0.05) is 41.1 Å². The van der Waals surface area contributed by atoms with Gasteiger partial charge in [-0.05, 0) is 69.6 Å². The fourth-order valence-corrected chi connectivity index (χ4v) is 7.45. The van der Waals surface area contributed by atoms with Gasteiger partial charge >= 0.3 is 0 Å². The predicted octanol–water partition coefficient (Wildman–Crippen LogP) is 7.18. The van der Waals surface area contributed by atoms with Crippen LogP contribution in [-0.2, 0) is 10.8 Å². The maximum Gasteiger partial charge on any atom is 0.209 e. The van der Waals surface area contributed by atoms with Gasteiger partial charge in [0.15, 0.2) is 5.71 Å². The first-order valence-electron chi connectivity index (χ1n) is 12.6. The number of fused-ring (bicyclic) bond motifs is 6. The van der Waals surface area contributed by atoms with Crippen LogP contribution in [0.15, 0.2) is 83.6 Å². The summed E-state index contributed by atoms with van der Waals surface area (Å²) in [5.41, 5.74) is 12.1. The Kier molecular flexibility index (Phi) is 4.59. The molecule has 0 unspecified atom stereocenters. The van der Waals surface area contributed by atoms with Crippen molar-refractivity contribution in [1.82, 2.24) is 0 Å². The fourth-order valence-electron chi connectivity index (χ4n) is 7.45. The van der Waals surface area contributed by atoms with E-state index < -0.39 is 0 Å². The molecule has 0 spiro atoms. The monoisotopic (exact) mass is 435 g/mol. The number of nitrogens with zero attached hydrogens (tertiary/aromatic N) is 2. The molecule has 2 aliphatic heterocycles. The fraction of sp³-hybridized carbons (Fsp3) is 0.387. The first-order valence-corrected chi connectivity index (χ1v) is 12.6. The molecule has 0 bridgehead atoms. The predicted molar refractivity (Wildman–Crippen MR) is 139 cm³/mol. The second kappa shape index (κ2) is 7.32. The number of likely N-dealkylation sites (N-methyl/N-ethyl adjacent to an activating group) is 1. The quantitative estimate of drug-likeness (QED) is 0.453. The van der Waals surface area contributed by atoms with Gasteiger partial charge in [-0.3, -0.25) is 0 Å². The molecule has 168 valence electrons. The van der Waals surface area contributed by atoms with Crippen molar-refractivity contribution < 1.29 is 4.58 Å². The minimum absolute atomic E-state index is 0.141. The van der Waals surface area contributed by atoms with Gasteiger partial charge in [-0.25, -0.2) is 0 Å². The SMILES string of the molecule is CN1C2=C(/C=C/C=C3\CCC[C@]4(C)C3=[N+](C)c3ccccc34)CCC[C@@]2(C)c2ccccc21. The highest BCUT2D eigenvalue weighted by atomic mass is 15.2. The third-order valence-corrected chi connectivity index (χ3v) is 8.88. The third-order valence-electron chi connectivity index (χ3n) is 8.88. The minimum Gasteiger partial charge on any atom is -0.347 e. The van der Waals surface area contributed by atoms with Crippen molar-refractivity contribution in [2.75, 3.05) is 19.0 Å². The van der Waals surface area contributed by atoms with Crippen molar-refractivity contribution in [3.05, 3.63) is 94.7 Å². The number of benzene rings is 2. The first kappa shape index (κ1) is 20.7. The highest BCUT2D eigenvalue weighted by molar-refractivity contribution is 6.08. The van der Waals surface area contributed by atoms with E-state index in [1.807, 2.05) is 0 Å². The highest BCUT2D eigenvalue weighted by Gasteiger charge is 2.50. The molecule has 2 atom stereocenters. The molecule has 1 saturated carbocycles. The van der Waals surface area contributed by atoms with Gasteiger partial charge in [0.05, 0.1) is 5.41 Å². The molecule has 1 fully saturated rings. The molecule has 2 nitrogen and oxygen atoms in total. The normalized spacial score (nSPS) is 29.6. The Bertz CT molecular complexity index is 1270. The van der Waals surface area contributed by atoms with Crippen molar-refractivity contribution in [3.63, 3.8) is 0 Å². The van der Waals surface area contributed by atoms with Gasteiger partial charge in [0.25, 0.3) is 0 Å². The Labute approximate surface area is 198 Å². The molecule has 0 aromatic heterocycles. The van der Waals surface area contributed by atoms with E-state index in [-0.39, 0.29) is 10.8 Å². The summed E-state index contributed by atoms with van der Waals surface area (Å²) in [6.45, 7) is 4.90. The lowest BCUT2D eigenvalue weighted by molar-refractivity contribution is -0.402. The molecule has 0 amide bonds. The molecule has 2 heterocycles. The van der Waals surface area contributed by atoms with E-state index in [0.717, 1.165) is 0 Å². The Morgan fingerprint density at radius 1 is 0.879 bits per heavy atom. The molecule has 2 aliphatic carbocycles. The van der Waals surface area contributed by atoms with Crippen molar-refractivity contribution in [1.29, 1.82) is 0 Å². The third kappa shape index (κ3) is 2.82. The summed E-state index contributed by atoms with van der Waals surface area (Å²) < 4.78 is 2.45. The maximum atomic E-state index is 2.45. The lowest BCUT2D eigenvalue weighted by atomic mass is 9.69. The van der Waals surface area contributed by atoms with E-state index in [1.165, 1.54) is 83.6 Å². The molecule has 2 aromatic rings. The maximum absolute atomic E-state index is 2.45. The van der Waals surface area contributed by atoms with E-state index in [2.05, 4.69) is 104 Å². The lowest BCUT2D eigenvalue weighted by Crippen LogP contribution is -2.36. The van der Waals surface area contributed by atoms with E-state index in [1.54, 1.807) is 0 Å². The van der Waals surface area contributed by atoms with Crippen LogP contribution >= 0.6 is 0 Å². The molecule has 2 heteroatoms. The lowest BCUT2D eigenvalue weighted by Gasteiger charge is -2.34. The standard InChI is InChI=1S/C31H35N2/c1-30-20-10-14-22(28(30)32(3)26-18-7-5-16-24(26)30)12-9-13-23-15-11-21-31(2)25-17-6-8-19-27(25)33(4)29(23)31/h5-9,12-13,16-19H,10-11,14-15,20-21H2,1-4H3/q+1/t30-,31-/m0/s1. The van der Waals surface area contributed by atoms with Gasteiger partial charge in [0.2, 0.25) is 5.69 Å². The van der Waals surface area contributed by atoms with Crippen LogP contribution < -0.4 is 4.90 Å². The van der Waals surface area contributed by atoms with Crippen molar-refractivity contribution in [3.8, 4) is 0 Å². The van der Waals surface area contributed by atoms with Crippen LogP contribution in [0.25, 0.3) is 0 Å². The van der Waals surface area contributed by atoms with Crippen LogP contribution in [0.5, 0.6) is 0 Å². The molecule has 33 heavy (non-hydrogen) atoms. The van der Waals surface area contributed by atoms with Crippen LogP contribution in [0.4, 0.5) is 11.4 Å². The summed E-state index contributed by atoms with van der Waals surface area (Å²) >= 11 is 0. The zero-order valence-electron chi connectivity index (χ0n) is 20.5. The second-order valence-electron chi connectivity index (χ2n) is 10.8. The van der Waals surface area contributed by atoms with E-state index in [0.29, 0.717) is 0 Å². The molecule has 0 N–H and O–H groups in total. The van der Waals surface area contributed by atoms with E-state index in [4.69, 9.17) is 0 Å². The van der Waals surface area contributed by atoms with Crippen molar-refractivity contribution >= 4 is 17.1 Å². The molecule has 2 aromatic carbocycles.